The van der Waals surface area contributed by atoms with Crippen molar-refractivity contribution in [2.24, 2.45) is 17.3 Å². The summed E-state index contributed by atoms with van der Waals surface area (Å²) in [5.41, 5.74) is -5.00. The highest BCUT2D eigenvalue weighted by Gasteiger charge is 2.78. The molecule has 41 heavy (non-hydrogen) atoms. The molecule has 0 aromatic heterocycles. The number of ether oxygens (including phenoxy) is 6. The molecule has 0 aromatic carbocycles. The molecule has 1 saturated carbocycles. The van der Waals surface area contributed by atoms with Gasteiger partial charge in [-0.3, -0.25) is 24.0 Å². The van der Waals surface area contributed by atoms with Crippen molar-refractivity contribution in [3.8, 4) is 0 Å². The minimum Gasteiger partial charge on any atom is -0.462 e. The molecule has 1 N–H and O–H groups in total. The topological polar surface area (TPSA) is 164 Å². The van der Waals surface area contributed by atoms with Gasteiger partial charge in [0.1, 0.15) is 30.0 Å². The van der Waals surface area contributed by atoms with Gasteiger partial charge in [-0.15, -0.1) is 11.6 Å². The number of allylic oxidation sites excluding steroid dienone is 1. The second-order valence-electron chi connectivity index (χ2n) is 11.4. The number of alkyl halides is 1. The summed E-state index contributed by atoms with van der Waals surface area (Å²) in [6.45, 7) is 11.7. The zero-order valence-corrected chi connectivity index (χ0v) is 24.5. The normalized spacial score (nSPS) is 44.0. The van der Waals surface area contributed by atoms with E-state index in [1.807, 2.05) is 0 Å². The predicted molar refractivity (Wildman–Crippen MR) is 139 cm³/mol. The number of carbonyl (C=O) groups is 5. The molecule has 13 heteroatoms. The third kappa shape index (κ3) is 5.03. The van der Waals surface area contributed by atoms with E-state index in [9.17, 15) is 29.1 Å². The molecule has 12 nitrogen and oxygen atoms in total. The Morgan fingerprint density at radius 3 is 2.05 bits per heavy atom. The number of aliphatic hydroxyl groups is 1. The Bertz CT molecular complexity index is 1190. The van der Waals surface area contributed by atoms with Gasteiger partial charge in [-0.1, -0.05) is 19.6 Å². The summed E-state index contributed by atoms with van der Waals surface area (Å²) in [6.07, 6.45) is -3.54. The first-order chi connectivity index (χ1) is 19.0. The van der Waals surface area contributed by atoms with Crippen molar-refractivity contribution in [2.45, 2.75) is 95.1 Å². The number of hydrogen-bond donors (Lipinski definition) is 1. The van der Waals surface area contributed by atoms with Gasteiger partial charge < -0.3 is 33.5 Å². The summed E-state index contributed by atoms with van der Waals surface area (Å²) in [5, 5.41) is 11.3. The van der Waals surface area contributed by atoms with Gasteiger partial charge in [-0.05, 0) is 18.6 Å². The lowest BCUT2D eigenvalue weighted by Gasteiger charge is -2.57. The molecule has 1 spiro atoms. The molecule has 0 radical (unpaired) electrons. The molecular formula is C28H35ClO12. The van der Waals surface area contributed by atoms with Crippen LogP contribution in [0.15, 0.2) is 24.3 Å². The van der Waals surface area contributed by atoms with Crippen LogP contribution in [0.25, 0.3) is 0 Å². The minimum absolute atomic E-state index is 0.0206. The summed E-state index contributed by atoms with van der Waals surface area (Å²) in [4.78, 5) is 62.8. The number of carbonyl (C=O) groups excluding carboxylic acids is 5. The van der Waals surface area contributed by atoms with Crippen LogP contribution in [0, 0.1) is 17.3 Å². The number of epoxide rings is 1. The van der Waals surface area contributed by atoms with Gasteiger partial charge in [0.25, 0.3) is 0 Å². The van der Waals surface area contributed by atoms with E-state index < -0.39 is 94.2 Å². The molecule has 2 heterocycles. The summed E-state index contributed by atoms with van der Waals surface area (Å²) in [7, 11) is 0. The van der Waals surface area contributed by atoms with Crippen LogP contribution in [0.4, 0.5) is 0 Å². The molecule has 0 aromatic rings. The Morgan fingerprint density at radius 2 is 1.54 bits per heavy atom. The first-order valence-electron chi connectivity index (χ1n) is 13.3. The molecule has 226 valence electrons. The number of hydrogen-bond acceptors (Lipinski definition) is 12. The van der Waals surface area contributed by atoms with Gasteiger partial charge in [-0.25, -0.2) is 0 Å². The zero-order valence-electron chi connectivity index (χ0n) is 23.7. The number of rotatable bonds is 4. The van der Waals surface area contributed by atoms with Crippen molar-refractivity contribution >= 4 is 41.4 Å². The monoisotopic (exact) mass is 598 g/mol. The third-order valence-electron chi connectivity index (χ3n) is 8.77. The zero-order chi connectivity index (χ0) is 30.7. The summed E-state index contributed by atoms with van der Waals surface area (Å²) < 4.78 is 34.7. The van der Waals surface area contributed by atoms with Crippen molar-refractivity contribution in [1.82, 2.24) is 0 Å². The molecule has 4 aliphatic rings. The standard InChI is InChI=1S/C28H35ClO12/c1-12-8-9-18(37-14(3)30)26(7)19(38-15(4)31)10-20(39-16(5)32)27(11-36-27)22(26)24(40-17(6)33)28(35)13(2)25(34)41-23(28)21(12)29/h8-9,13,18-24,35H,1,10-11H2,2-7H3/b9-8+/t13-,18-,19-,20-,21-,22+,23-,24-,26-,27+,28-/m0/s1. The maximum atomic E-state index is 13.0. The van der Waals surface area contributed by atoms with Crippen LogP contribution in [-0.2, 0) is 52.4 Å². The molecular weight excluding hydrogens is 564 g/mol. The van der Waals surface area contributed by atoms with Crippen LogP contribution < -0.4 is 0 Å². The van der Waals surface area contributed by atoms with Crippen molar-refractivity contribution in [2.75, 3.05) is 6.61 Å². The lowest BCUT2D eigenvalue weighted by atomic mass is 9.52. The van der Waals surface area contributed by atoms with E-state index in [0.29, 0.717) is 0 Å². The third-order valence-corrected chi connectivity index (χ3v) is 9.28. The van der Waals surface area contributed by atoms with E-state index >= 15 is 0 Å². The summed E-state index contributed by atoms with van der Waals surface area (Å²) >= 11 is 6.73. The predicted octanol–water partition coefficient (Wildman–Crippen LogP) is 1.53. The first kappa shape index (κ1) is 31.0. The van der Waals surface area contributed by atoms with E-state index in [1.54, 1.807) is 6.92 Å². The second-order valence-corrected chi connectivity index (χ2v) is 11.9. The molecule has 2 aliphatic heterocycles. The molecule has 2 saturated heterocycles. The Labute approximate surface area is 242 Å². The molecule has 2 aliphatic carbocycles. The van der Waals surface area contributed by atoms with Gasteiger partial charge in [0.2, 0.25) is 0 Å². The number of halogens is 1. The highest BCUT2D eigenvalue weighted by Crippen LogP contribution is 2.63. The van der Waals surface area contributed by atoms with Gasteiger partial charge in [-0.2, -0.15) is 0 Å². The van der Waals surface area contributed by atoms with E-state index in [0.717, 1.165) is 6.92 Å². The quantitative estimate of drug-likeness (QED) is 0.215. The maximum Gasteiger partial charge on any atom is 0.312 e. The largest absolute Gasteiger partial charge is 0.462 e. The van der Waals surface area contributed by atoms with Gasteiger partial charge >= 0.3 is 29.8 Å². The molecule has 11 atom stereocenters. The molecule has 0 amide bonds. The van der Waals surface area contributed by atoms with Crippen LogP contribution in [0.5, 0.6) is 0 Å². The highest BCUT2D eigenvalue weighted by atomic mass is 35.5. The first-order valence-corrected chi connectivity index (χ1v) is 13.7. The van der Waals surface area contributed by atoms with Gasteiger partial charge in [0, 0.05) is 40.0 Å². The Morgan fingerprint density at radius 1 is 1.00 bits per heavy atom. The second kappa shape index (κ2) is 10.7. The van der Waals surface area contributed by atoms with Crippen molar-refractivity contribution in [1.29, 1.82) is 0 Å². The van der Waals surface area contributed by atoms with E-state index in [2.05, 4.69) is 6.58 Å². The van der Waals surface area contributed by atoms with Crippen LogP contribution in [0.1, 0.15) is 48.0 Å². The maximum absolute atomic E-state index is 13.0. The minimum atomic E-state index is -2.28. The fraction of sp³-hybridized carbons (Fsp3) is 0.679. The average Bonchev–Trinajstić information content (AvgIpc) is 3.61. The molecule has 0 bridgehead atoms. The lowest BCUT2D eigenvalue weighted by molar-refractivity contribution is -0.254. The lowest BCUT2D eigenvalue weighted by Crippen LogP contribution is -2.72. The smallest absolute Gasteiger partial charge is 0.312 e. The van der Waals surface area contributed by atoms with Crippen molar-refractivity contribution in [3.05, 3.63) is 24.3 Å². The van der Waals surface area contributed by atoms with Crippen LogP contribution >= 0.6 is 11.6 Å². The number of esters is 5. The molecule has 3 fully saturated rings. The van der Waals surface area contributed by atoms with Crippen LogP contribution in [0.3, 0.4) is 0 Å². The fourth-order valence-electron chi connectivity index (χ4n) is 6.81. The summed E-state index contributed by atoms with van der Waals surface area (Å²) in [5.74, 6) is -6.15. The Balaban J connectivity index is 2.09. The van der Waals surface area contributed by atoms with Crippen LogP contribution in [-0.4, -0.2) is 88.7 Å². The molecule has 4 rings (SSSR count). The van der Waals surface area contributed by atoms with E-state index in [4.69, 9.17) is 40.0 Å². The molecule has 0 unspecified atom stereocenters. The Kier molecular flexibility index (Phi) is 8.09. The van der Waals surface area contributed by atoms with Crippen molar-refractivity contribution < 1.29 is 57.5 Å². The van der Waals surface area contributed by atoms with Gasteiger partial charge in [0.15, 0.2) is 11.7 Å². The SMILES string of the molecule is C=C1/C=C/[C@H](OC(C)=O)[C@@]2(C)[C@@H](OC(C)=O)C[C@H](OC(C)=O)[C@]3(CO3)[C@@H]2[C@H](OC(C)=O)[C@]2(O)[C@@H](C)C(=O)O[C@H]2[C@H]1Cl. The van der Waals surface area contributed by atoms with E-state index in [1.165, 1.54) is 39.8 Å². The summed E-state index contributed by atoms with van der Waals surface area (Å²) in [6, 6.07) is 0. The van der Waals surface area contributed by atoms with Gasteiger partial charge in [0.05, 0.1) is 23.3 Å². The number of fused-ring (bicyclic) bond motifs is 3. The average molecular weight is 599 g/mol. The fourth-order valence-corrected chi connectivity index (χ4v) is 7.13. The van der Waals surface area contributed by atoms with Crippen LogP contribution in [0.2, 0.25) is 0 Å². The van der Waals surface area contributed by atoms with E-state index in [-0.39, 0.29) is 18.6 Å². The Hall–Kier alpha value is -2.96. The highest BCUT2D eigenvalue weighted by molar-refractivity contribution is 6.23. The van der Waals surface area contributed by atoms with Crippen molar-refractivity contribution in [3.63, 3.8) is 0 Å².